The molecule has 0 saturated carbocycles. The first-order valence-corrected chi connectivity index (χ1v) is 6.57. The number of benzene rings is 1. The third-order valence-electron chi connectivity index (χ3n) is 3.80. The summed E-state index contributed by atoms with van der Waals surface area (Å²) in [4.78, 5) is 23.1. The lowest BCUT2D eigenvalue weighted by molar-refractivity contribution is 0.0689. The molecule has 116 valence electrons. The van der Waals surface area contributed by atoms with Gasteiger partial charge in [0.15, 0.2) is 11.6 Å². The van der Waals surface area contributed by atoms with E-state index in [1.807, 2.05) is 27.7 Å². The molecule has 4 nitrogen and oxygen atoms in total. The highest BCUT2D eigenvalue weighted by atomic mass is 19.2. The number of carbonyl (C=O) groups excluding carboxylic acids is 1. The molecule has 0 unspecified atom stereocenters. The lowest BCUT2D eigenvalue weighted by Gasteiger charge is -2.29. The number of nitrogens with one attached hydrogen (secondary N) is 1. The zero-order chi connectivity index (χ0) is 16.4. The molecule has 1 aromatic rings. The normalized spacial score (nSPS) is 11.6. The first-order chi connectivity index (χ1) is 9.56. The number of rotatable bonds is 5. The Morgan fingerprint density at radius 1 is 1.19 bits per heavy atom. The van der Waals surface area contributed by atoms with Crippen LogP contribution in [0.4, 0.5) is 8.78 Å². The van der Waals surface area contributed by atoms with Crippen LogP contribution in [0.3, 0.4) is 0 Å². The second-order valence-corrected chi connectivity index (χ2v) is 5.94. The fourth-order valence-electron chi connectivity index (χ4n) is 1.52. The van der Waals surface area contributed by atoms with Gasteiger partial charge in [0.2, 0.25) is 0 Å². The van der Waals surface area contributed by atoms with Gasteiger partial charge in [-0.05, 0) is 23.5 Å². The molecule has 0 aliphatic rings. The molecule has 1 amide bonds. The Bertz CT molecular complexity index is 568. The zero-order valence-corrected chi connectivity index (χ0v) is 12.5. The molecule has 0 saturated heterocycles. The van der Waals surface area contributed by atoms with E-state index in [-0.39, 0.29) is 16.9 Å². The Labute approximate surface area is 122 Å². The molecule has 0 aromatic heterocycles. The van der Waals surface area contributed by atoms with Crippen molar-refractivity contribution in [1.29, 1.82) is 0 Å². The summed E-state index contributed by atoms with van der Waals surface area (Å²) < 4.78 is 26.3. The average Bonchev–Trinajstić information content (AvgIpc) is 2.38. The number of carbonyl (C=O) groups is 2. The van der Waals surface area contributed by atoms with Crippen LogP contribution in [0.1, 0.15) is 48.4 Å². The summed E-state index contributed by atoms with van der Waals surface area (Å²) in [6.07, 6.45) is 0. The van der Waals surface area contributed by atoms with E-state index >= 15 is 0 Å². The van der Waals surface area contributed by atoms with Gasteiger partial charge in [-0.25, -0.2) is 13.6 Å². The Hall–Kier alpha value is -1.98. The topological polar surface area (TPSA) is 66.4 Å². The van der Waals surface area contributed by atoms with Crippen molar-refractivity contribution in [3.63, 3.8) is 0 Å². The Morgan fingerprint density at radius 2 is 1.67 bits per heavy atom. The highest BCUT2D eigenvalue weighted by Crippen LogP contribution is 2.25. The van der Waals surface area contributed by atoms with E-state index in [2.05, 4.69) is 5.32 Å². The fraction of sp³-hybridized carbons (Fsp3) is 0.467. The van der Waals surface area contributed by atoms with Crippen LogP contribution in [0.2, 0.25) is 0 Å². The van der Waals surface area contributed by atoms with Crippen molar-refractivity contribution in [3.05, 3.63) is 34.9 Å². The molecule has 0 heterocycles. The van der Waals surface area contributed by atoms with E-state index in [9.17, 15) is 18.4 Å². The van der Waals surface area contributed by atoms with Gasteiger partial charge in [0.25, 0.3) is 5.91 Å². The molecule has 1 aromatic carbocycles. The van der Waals surface area contributed by atoms with E-state index < -0.39 is 29.1 Å². The maximum atomic E-state index is 13.2. The molecule has 0 fully saturated rings. The van der Waals surface area contributed by atoms with Crippen LogP contribution in [0.25, 0.3) is 0 Å². The first-order valence-electron chi connectivity index (χ1n) is 6.57. The smallest absolute Gasteiger partial charge is 0.336 e. The van der Waals surface area contributed by atoms with Gasteiger partial charge in [-0.2, -0.15) is 0 Å². The van der Waals surface area contributed by atoms with Crippen molar-refractivity contribution in [2.24, 2.45) is 11.3 Å². The summed E-state index contributed by atoms with van der Waals surface area (Å²) in [6, 6.07) is 1.12. The van der Waals surface area contributed by atoms with Gasteiger partial charge in [-0.15, -0.1) is 0 Å². The van der Waals surface area contributed by atoms with Crippen LogP contribution >= 0.6 is 0 Å². The van der Waals surface area contributed by atoms with Crippen LogP contribution in [0, 0.1) is 23.0 Å². The van der Waals surface area contributed by atoms with E-state index in [0.717, 1.165) is 0 Å². The van der Waals surface area contributed by atoms with Crippen LogP contribution in [-0.4, -0.2) is 23.5 Å². The minimum Gasteiger partial charge on any atom is -0.478 e. The van der Waals surface area contributed by atoms with Gasteiger partial charge in [-0.1, -0.05) is 27.7 Å². The maximum Gasteiger partial charge on any atom is 0.336 e. The number of hydrogen-bond donors (Lipinski definition) is 2. The van der Waals surface area contributed by atoms with E-state index in [1.165, 1.54) is 0 Å². The number of halogens is 2. The van der Waals surface area contributed by atoms with Crippen molar-refractivity contribution >= 4 is 11.9 Å². The summed E-state index contributed by atoms with van der Waals surface area (Å²) in [5.41, 5.74) is -1.16. The van der Waals surface area contributed by atoms with Crippen molar-refractivity contribution in [1.82, 2.24) is 5.32 Å². The van der Waals surface area contributed by atoms with Gasteiger partial charge in [0.1, 0.15) is 0 Å². The highest BCUT2D eigenvalue weighted by Gasteiger charge is 2.25. The lowest BCUT2D eigenvalue weighted by atomic mass is 9.81. The molecular weight excluding hydrogens is 280 g/mol. The number of amides is 1. The number of carboxylic acids is 1. The van der Waals surface area contributed by atoms with Gasteiger partial charge < -0.3 is 10.4 Å². The lowest BCUT2D eigenvalue weighted by Crippen LogP contribution is -2.37. The first kappa shape index (κ1) is 17.1. The van der Waals surface area contributed by atoms with Crippen LogP contribution < -0.4 is 5.32 Å². The predicted octanol–water partition coefficient (Wildman–Crippen LogP) is 3.08. The minimum absolute atomic E-state index is 0.211. The summed E-state index contributed by atoms with van der Waals surface area (Å²) in [5, 5.41) is 11.5. The highest BCUT2D eigenvalue weighted by molar-refractivity contribution is 6.04. The van der Waals surface area contributed by atoms with Gasteiger partial charge in [0, 0.05) is 6.54 Å². The van der Waals surface area contributed by atoms with E-state index in [1.54, 1.807) is 0 Å². The van der Waals surface area contributed by atoms with E-state index in [4.69, 9.17) is 5.11 Å². The number of aromatic carboxylic acids is 1. The standard InChI is InChI=1S/C15H19F2NO3/c1-8(2)15(3,4)7-18-13(19)9-5-11(16)12(17)6-10(9)14(20)21/h5-6,8H,7H2,1-4H3,(H,18,19)(H,20,21). The third kappa shape index (κ3) is 4.00. The SMILES string of the molecule is CC(C)C(C)(C)CNC(=O)c1cc(F)c(F)cc1C(=O)O. The molecule has 1 rings (SSSR count). The quantitative estimate of drug-likeness (QED) is 0.878. The molecule has 0 atom stereocenters. The minimum atomic E-state index is -1.48. The molecule has 0 aliphatic heterocycles. The Balaban J connectivity index is 3.03. The summed E-state index contributed by atoms with van der Waals surface area (Å²) in [6.45, 7) is 8.17. The van der Waals surface area contributed by atoms with Crippen LogP contribution in [-0.2, 0) is 0 Å². The predicted molar refractivity (Wildman–Crippen MR) is 74.3 cm³/mol. The van der Waals surface area contributed by atoms with Crippen LogP contribution in [0.15, 0.2) is 12.1 Å². The van der Waals surface area contributed by atoms with Crippen molar-refractivity contribution in [2.75, 3.05) is 6.54 Å². The summed E-state index contributed by atoms with van der Waals surface area (Å²) >= 11 is 0. The molecule has 0 bridgehead atoms. The molecule has 0 aliphatic carbocycles. The van der Waals surface area contributed by atoms with Crippen molar-refractivity contribution in [3.8, 4) is 0 Å². The molecular formula is C15H19F2NO3. The molecule has 0 spiro atoms. The van der Waals surface area contributed by atoms with Gasteiger partial charge >= 0.3 is 5.97 Å². The molecule has 21 heavy (non-hydrogen) atoms. The molecule has 2 N–H and O–H groups in total. The summed E-state index contributed by atoms with van der Waals surface area (Å²) in [5.74, 6) is -4.50. The largest absolute Gasteiger partial charge is 0.478 e. The van der Waals surface area contributed by atoms with Gasteiger partial charge in [-0.3, -0.25) is 4.79 Å². The van der Waals surface area contributed by atoms with Crippen molar-refractivity contribution < 1.29 is 23.5 Å². The Kier molecular flexibility index (Phi) is 5.04. The summed E-state index contributed by atoms with van der Waals surface area (Å²) in [7, 11) is 0. The Morgan fingerprint density at radius 3 is 2.10 bits per heavy atom. The number of carboxylic acid groups (broad SMARTS) is 1. The molecule has 6 heteroatoms. The van der Waals surface area contributed by atoms with Crippen molar-refractivity contribution in [2.45, 2.75) is 27.7 Å². The fourth-order valence-corrected chi connectivity index (χ4v) is 1.52. The zero-order valence-electron chi connectivity index (χ0n) is 12.5. The average molecular weight is 299 g/mol. The number of hydrogen-bond acceptors (Lipinski definition) is 2. The van der Waals surface area contributed by atoms with Gasteiger partial charge in [0.05, 0.1) is 11.1 Å². The van der Waals surface area contributed by atoms with Crippen LogP contribution in [0.5, 0.6) is 0 Å². The maximum absolute atomic E-state index is 13.2. The molecule has 0 radical (unpaired) electrons. The second kappa shape index (κ2) is 6.20. The van der Waals surface area contributed by atoms with E-state index in [0.29, 0.717) is 18.7 Å². The monoisotopic (exact) mass is 299 g/mol. The second-order valence-electron chi connectivity index (χ2n) is 5.94. The third-order valence-corrected chi connectivity index (χ3v) is 3.80.